The second kappa shape index (κ2) is 6.93. The van der Waals surface area contributed by atoms with Crippen molar-refractivity contribution in [3.63, 3.8) is 0 Å². The molecule has 1 fully saturated rings. The maximum Gasteiger partial charge on any atom is 0.325 e. The van der Waals surface area contributed by atoms with Crippen LogP contribution in [0.15, 0.2) is 35.7 Å². The summed E-state index contributed by atoms with van der Waals surface area (Å²) in [4.78, 5) is 31.0. The van der Waals surface area contributed by atoms with Gasteiger partial charge in [-0.15, -0.1) is 11.3 Å². The van der Waals surface area contributed by atoms with E-state index in [9.17, 15) is 9.59 Å². The van der Waals surface area contributed by atoms with Gasteiger partial charge in [0.1, 0.15) is 16.7 Å². The van der Waals surface area contributed by atoms with Crippen molar-refractivity contribution < 1.29 is 14.3 Å². The number of carbonyl (C=O) groups excluding carboxylic acids is 2. The summed E-state index contributed by atoms with van der Waals surface area (Å²) in [5.41, 5.74) is 0.405. The van der Waals surface area contributed by atoms with Gasteiger partial charge < -0.3 is 10.1 Å². The van der Waals surface area contributed by atoms with E-state index in [1.165, 1.54) is 16.2 Å². The third kappa shape index (κ3) is 3.29. The number of imide groups is 1. The summed E-state index contributed by atoms with van der Waals surface area (Å²) in [5.74, 6) is -0.267. The fourth-order valence-corrected chi connectivity index (χ4v) is 3.69. The molecule has 1 N–H and O–H groups in total. The van der Waals surface area contributed by atoms with Crippen LogP contribution in [0.5, 0.6) is 0 Å². The van der Waals surface area contributed by atoms with Gasteiger partial charge in [-0.2, -0.15) is 0 Å². The standard InChI is InChI=1S/C18H21N3O3S/c1-4-24-12(2)15-19-14(11-25-15)10-21-16(22)18(3,20-17(21)23)13-8-6-5-7-9-13/h5-9,11-12H,4,10H2,1-3H3,(H,20,23). The molecule has 2 aromatic rings. The first-order valence-electron chi connectivity index (χ1n) is 8.21. The second-order valence-corrected chi connectivity index (χ2v) is 6.98. The zero-order valence-corrected chi connectivity index (χ0v) is 15.3. The number of nitrogens with zero attached hydrogens (tertiary/aromatic N) is 2. The first-order valence-corrected chi connectivity index (χ1v) is 9.09. The Bertz CT molecular complexity index is 777. The number of aromatic nitrogens is 1. The summed E-state index contributed by atoms with van der Waals surface area (Å²) in [5, 5.41) is 5.51. The minimum Gasteiger partial charge on any atom is -0.372 e. The van der Waals surface area contributed by atoms with Crippen molar-refractivity contribution in [2.24, 2.45) is 0 Å². The van der Waals surface area contributed by atoms with Crippen LogP contribution in [-0.4, -0.2) is 28.4 Å². The molecule has 0 radical (unpaired) electrons. The van der Waals surface area contributed by atoms with Gasteiger partial charge >= 0.3 is 6.03 Å². The lowest BCUT2D eigenvalue weighted by Crippen LogP contribution is -2.40. The van der Waals surface area contributed by atoms with E-state index in [-0.39, 0.29) is 18.6 Å². The maximum atomic E-state index is 12.9. The maximum absolute atomic E-state index is 12.9. The van der Waals surface area contributed by atoms with Crippen molar-refractivity contribution in [1.82, 2.24) is 15.2 Å². The Morgan fingerprint density at radius 2 is 2.04 bits per heavy atom. The Balaban J connectivity index is 1.78. The van der Waals surface area contributed by atoms with Crippen LogP contribution >= 0.6 is 11.3 Å². The molecule has 6 nitrogen and oxygen atoms in total. The zero-order valence-electron chi connectivity index (χ0n) is 14.5. The lowest BCUT2D eigenvalue weighted by molar-refractivity contribution is -0.131. The molecule has 2 heterocycles. The van der Waals surface area contributed by atoms with Crippen molar-refractivity contribution in [2.75, 3.05) is 6.61 Å². The van der Waals surface area contributed by atoms with E-state index in [0.29, 0.717) is 12.3 Å². The van der Waals surface area contributed by atoms with E-state index >= 15 is 0 Å². The monoisotopic (exact) mass is 359 g/mol. The van der Waals surface area contributed by atoms with Crippen molar-refractivity contribution in [1.29, 1.82) is 0 Å². The molecule has 1 aliphatic heterocycles. The lowest BCUT2D eigenvalue weighted by atomic mass is 9.92. The van der Waals surface area contributed by atoms with Crippen LogP contribution < -0.4 is 5.32 Å². The molecule has 0 saturated carbocycles. The van der Waals surface area contributed by atoms with Crippen LogP contribution in [0.1, 0.15) is 43.1 Å². The van der Waals surface area contributed by atoms with E-state index in [1.807, 2.05) is 49.6 Å². The highest BCUT2D eigenvalue weighted by atomic mass is 32.1. The average molecular weight is 359 g/mol. The minimum absolute atomic E-state index is 0.0959. The minimum atomic E-state index is -1.05. The third-order valence-electron chi connectivity index (χ3n) is 4.28. The van der Waals surface area contributed by atoms with Gasteiger partial charge in [-0.1, -0.05) is 30.3 Å². The Morgan fingerprint density at radius 3 is 2.72 bits per heavy atom. The largest absolute Gasteiger partial charge is 0.372 e. The van der Waals surface area contributed by atoms with Crippen LogP contribution in [0.3, 0.4) is 0 Å². The van der Waals surface area contributed by atoms with Crippen molar-refractivity contribution in [3.8, 4) is 0 Å². The third-order valence-corrected chi connectivity index (χ3v) is 5.33. The van der Waals surface area contributed by atoms with E-state index in [2.05, 4.69) is 10.3 Å². The summed E-state index contributed by atoms with van der Waals surface area (Å²) >= 11 is 1.47. The van der Waals surface area contributed by atoms with Gasteiger partial charge in [0.05, 0.1) is 12.2 Å². The summed E-state index contributed by atoms with van der Waals surface area (Å²) in [7, 11) is 0. The molecule has 0 spiro atoms. The molecule has 2 unspecified atom stereocenters. The number of amides is 3. The molecule has 7 heteroatoms. The van der Waals surface area contributed by atoms with Gasteiger partial charge in [0.15, 0.2) is 0 Å². The molecule has 132 valence electrons. The van der Waals surface area contributed by atoms with Gasteiger partial charge in [-0.3, -0.25) is 9.69 Å². The van der Waals surface area contributed by atoms with Crippen LogP contribution in [0.25, 0.3) is 0 Å². The van der Waals surface area contributed by atoms with Crippen LogP contribution in [0, 0.1) is 0 Å². The van der Waals surface area contributed by atoms with Gasteiger partial charge in [-0.25, -0.2) is 9.78 Å². The Labute approximate surface area is 150 Å². The number of nitrogens with one attached hydrogen (secondary N) is 1. The van der Waals surface area contributed by atoms with Crippen LogP contribution in [-0.2, 0) is 21.6 Å². The van der Waals surface area contributed by atoms with Crippen LogP contribution in [0.2, 0.25) is 0 Å². The van der Waals surface area contributed by atoms with Crippen molar-refractivity contribution in [3.05, 3.63) is 52.0 Å². The highest BCUT2D eigenvalue weighted by molar-refractivity contribution is 7.09. The molecular formula is C18H21N3O3S. The Morgan fingerprint density at radius 1 is 1.32 bits per heavy atom. The normalized spacial score (nSPS) is 21.5. The molecule has 0 aliphatic carbocycles. The number of hydrogen-bond donors (Lipinski definition) is 1. The molecule has 1 aromatic carbocycles. The number of carbonyl (C=O) groups is 2. The molecule has 1 saturated heterocycles. The van der Waals surface area contributed by atoms with Crippen molar-refractivity contribution >= 4 is 23.3 Å². The topological polar surface area (TPSA) is 71.5 Å². The van der Waals surface area contributed by atoms with E-state index in [0.717, 1.165) is 10.6 Å². The highest BCUT2D eigenvalue weighted by Gasteiger charge is 2.48. The number of urea groups is 1. The predicted molar refractivity (Wildman–Crippen MR) is 95.0 cm³/mol. The summed E-state index contributed by atoms with van der Waals surface area (Å²) in [6.07, 6.45) is -0.0959. The van der Waals surface area contributed by atoms with Gasteiger partial charge in [0.25, 0.3) is 5.91 Å². The number of ether oxygens (including phenoxy) is 1. The second-order valence-electron chi connectivity index (χ2n) is 6.09. The fraction of sp³-hybridized carbons (Fsp3) is 0.389. The molecule has 0 bridgehead atoms. The van der Waals surface area contributed by atoms with Crippen molar-refractivity contribution in [2.45, 2.75) is 39.0 Å². The molecular weight excluding hydrogens is 338 g/mol. The Kier molecular flexibility index (Phi) is 4.87. The number of benzene rings is 1. The molecule has 25 heavy (non-hydrogen) atoms. The highest BCUT2D eigenvalue weighted by Crippen LogP contribution is 2.30. The molecule has 2 atom stereocenters. The van der Waals surface area contributed by atoms with Gasteiger partial charge in [0.2, 0.25) is 0 Å². The van der Waals surface area contributed by atoms with E-state index in [1.54, 1.807) is 6.92 Å². The first kappa shape index (κ1) is 17.6. The van der Waals surface area contributed by atoms with E-state index in [4.69, 9.17) is 4.74 Å². The van der Waals surface area contributed by atoms with Gasteiger partial charge in [-0.05, 0) is 26.3 Å². The average Bonchev–Trinajstić information content (AvgIpc) is 3.16. The summed E-state index contributed by atoms with van der Waals surface area (Å²) in [6, 6.07) is 8.86. The quantitative estimate of drug-likeness (QED) is 0.804. The Hall–Kier alpha value is -2.25. The number of hydrogen-bond acceptors (Lipinski definition) is 5. The van der Waals surface area contributed by atoms with Gasteiger partial charge in [0, 0.05) is 12.0 Å². The smallest absolute Gasteiger partial charge is 0.325 e. The SMILES string of the molecule is CCOC(C)c1nc(CN2C(=O)NC(C)(c3ccccc3)C2=O)cs1. The molecule has 1 aliphatic rings. The van der Waals surface area contributed by atoms with E-state index < -0.39 is 11.6 Å². The fourth-order valence-electron chi connectivity index (χ4n) is 2.87. The van der Waals surface area contributed by atoms with Crippen LogP contribution in [0.4, 0.5) is 4.79 Å². The zero-order chi connectivity index (χ0) is 18.0. The lowest BCUT2D eigenvalue weighted by Gasteiger charge is -2.21. The first-order chi connectivity index (χ1) is 12.0. The summed E-state index contributed by atoms with van der Waals surface area (Å²) in [6.45, 7) is 6.36. The molecule has 1 aromatic heterocycles. The molecule has 3 amide bonds. The number of thiazole rings is 1. The molecule has 3 rings (SSSR count). The predicted octanol–water partition coefficient (Wildman–Crippen LogP) is 3.21. The number of rotatable bonds is 6. The summed E-state index contributed by atoms with van der Waals surface area (Å²) < 4.78 is 5.53.